The predicted octanol–water partition coefficient (Wildman–Crippen LogP) is 5.51. The molecule has 0 aromatic heterocycles. The van der Waals surface area contributed by atoms with E-state index in [1.807, 2.05) is 30.3 Å². The van der Waals surface area contributed by atoms with Crippen molar-refractivity contribution < 1.29 is 0 Å². The average Bonchev–Trinajstić information content (AvgIpc) is 2.37. The van der Waals surface area contributed by atoms with Gasteiger partial charge in [-0.1, -0.05) is 47.5 Å². The zero-order valence-corrected chi connectivity index (χ0v) is 12.3. The van der Waals surface area contributed by atoms with Crippen LogP contribution in [0.25, 0.3) is 5.70 Å². The van der Waals surface area contributed by atoms with E-state index >= 15 is 0 Å². The van der Waals surface area contributed by atoms with Crippen LogP contribution in [-0.2, 0) is 0 Å². The van der Waals surface area contributed by atoms with Crippen LogP contribution in [0.2, 0.25) is 5.02 Å². The summed E-state index contributed by atoms with van der Waals surface area (Å²) < 4.78 is 0. The van der Waals surface area contributed by atoms with Gasteiger partial charge in [0.15, 0.2) is 0 Å². The SMILES string of the molecule is CC(C)=C(Nc1ccccc1C)c1cccc(Cl)c1. The largest absolute Gasteiger partial charge is 0.355 e. The molecule has 2 rings (SSSR count). The summed E-state index contributed by atoms with van der Waals surface area (Å²) in [5.74, 6) is 0. The third-order valence-corrected chi connectivity index (χ3v) is 3.25. The molecule has 0 aliphatic heterocycles. The fraction of sp³-hybridized carbons (Fsp3) is 0.176. The average molecular weight is 272 g/mol. The van der Waals surface area contributed by atoms with E-state index in [0.717, 1.165) is 22.0 Å². The van der Waals surface area contributed by atoms with Crippen LogP contribution in [0.3, 0.4) is 0 Å². The lowest BCUT2D eigenvalue weighted by molar-refractivity contribution is 1.35. The number of aryl methyl sites for hydroxylation is 1. The molecule has 0 unspecified atom stereocenters. The van der Waals surface area contributed by atoms with E-state index in [2.05, 4.69) is 44.3 Å². The molecule has 19 heavy (non-hydrogen) atoms. The Morgan fingerprint density at radius 3 is 2.37 bits per heavy atom. The van der Waals surface area contributed by atoms with E-state index in [1.165, 1.54) is 11.1 Å². The number of hydrogen-bond acceptors (Lipinski definition) is 1. The topological polar surface area (TPSA) is 12.0 Å². The Morgan fingerprint density at radius 2 is 1.74 bits per heavy atom. The van der Waals surface area contributed by atoms with Gasteiger partial charge in [0.05, 0.1) is 0 Å². The van der Waals surface area contributed by atoms with Crippen molar-refractivity contribution in [2.24, 2.45) is 0 Å². The van der Waals surface area contributed by atoms with Crippen molar-refractivity contribution >= 4 is 23.0 Å². The summed E-state index contributed by atoms with van der Waals surface area (Å²) >= 11 is 6.08. The van der Waals surface area contributed by atoms with Crippen LogP contribution >= 0.6 is 11.6 Å². The molecule has 0 bridgehead atoms. The van der Waals surface area contributed by atoms with Crippen LogP contribution in [0.15, 0.2) is 54.1 Å². The number of nitrogens with one attached hydrogen (secondary N) is 1. The molecule has 0 saturated carbocycles. The number of allylic oxidation sites excluding steroid dienone is 1. The number of para-hydroxylation sites is 1. The Hall–Kier alpha value is -1.73. The maximum atomic E-state index is 6.08. The normalized spacial score (nSPS) is 10.1. The molecule has 0 aliphatic rings. The van der Waals surface area contributed by atoms with E-state index in [9.17, 15) is 0 Å². The Labute approximate surface area is 119 Å². The van der Waals surface area contributed by atoms with E-state index in [-0.39, 0.29) is 0 Å². The standard InChI is InChI=1S/C17H18ClN/c1-12(2)17(14-8-6-9-15(18)11-14)19-16-10-5-4-7-13(16)3/h4-11,19H,1-3H3. The van der Waals surface area contributed by atoms with E-state index < -0.39 is 0 Å². The number of benzene rings is 2. The van der Waals surface area contributed by atoms with Gasteiger partial charge in [0.25, 0.3) is 0 Å². The lowest BCUT2D eigenvalue weighted by Crippen LogP contribution is -2.02. The maximum absolute atomic E-state index is 6.08. The second-order valence-corrected chi connectivity index (χ2v) is 5.26. The highest BCUT2D eigenvalue weighted by Crippen LogP contribution is 2.25. The molecule has 0 heterocycles. The number of halogens is 1. The van der Waals surface area contributed by atoms with Crippen LogP contribution in [0.1, 0.15) is 25.0 Å². The first kappa shape index (κ1) is 13.7. The summed E-state index contributed by atoms with van der Waals surface area (Å²) in [5, 5.41) is 4.26. The van der Waals surface area contributed by atoms with Crippen molar-refractivity contribution in [3.05, 3.63) is 70.3 Å². The van der Waals surface area contributed by atoms with Gasteiger partial charge < -0.3 is 5.32 Å². The van der Waals surface area contributed by atoms with E-state index in [4.69, 9.17) is 11.6 Å². The van der Waals surface area contributed by atoms with Gasteiger partial charge in [-0.25, -0.2) is 0 Å². The van der Waals surface area contributed by atoms with Gasteiger partial charge in [0.1, 0.15) is 0 Å². The van der Waals surface area contributed by atoms with Crippen LogP contribution in [-0.4, -0.2) is 0 Å². The van der Waals surface area contributed by atoms with Gasteiger partial charge in [-0.2, -0.15) is 0 Å². The van der Waals surface area contributed by atoms with E-state index in [0.29, 0.717) is 0 Å². The summed E-state index contributed by atoms with van der Waals surface area (Å²) in [4.78, 5) is 0. The fourth-order valence-corrected chi connectivity index (χ4v) is 2.17. The highest BCUT2D eigenvalue weighted by atomic mass is 35.5. The molecular formula is C17H18ClN. The minimum atomic E-state index is 0.753. The second kappa shape index (κ2) is 5.94. The molecular weight excluding hydrogens is 254 g/mol. The minimum absolute atomic E-state index is 0.753. The molecule has 0 atom stereocenters. The molecule has 2 heteroatoms. The van der Waals surface area contributed by atoms with Gasteiger partial charge in [-0.05, 0) is 50.1 Å². The zero-order valence-electron chi connectivity index (χ0n) is 11.5. The molecule has 0 aliphatic carbocycles. The molecule has 0 spiro atoms. The summed E-state index contributed by atoms with van der Waals surface area (Å²) in [6.07, 6.45) is 0. The van der Waals surface area contributed by atoms with Crippen molar-refractivity contribution in [1.29, 1.82) is 0 Å². The first-order valence-electron chi connectivity index (χ1n) is 6.34. The van der Waals surface area contributed by atoms with Crippen molar-refractivity contribution in [3.63, 3.8) is 0 Å². The van der Waals surface area contributed by atoms with Crippen LogP contribution in [0.4, 0.5) is 5.69 Å². The van der Waals surface area contributed by atoms with Crippen LogP contribution in [0.5, 0.6) is 0 Å². The molecule has 0 saturated heterocycles. The number of rotatable bonds is 3. The molecule has 0 radical (unpaired) electrons. The first-order chi connectivity index (χ1) is 9.08. The molecule has 2 aromatic rings. The zero-order chi connectivity index (χ0) is 13.8. The number of anilines is 1. The van der Waals surface area contributed by atoms with Crippen molar-refractivity contribution in [3.8, 4) is 0 Å². The Morgan fingerprint density at radius 1 is 1.00 bits per heavy atom. The molecule has 1 nitrogen and oxygen atoms in total. The van der Waals surface area contributed by atoms with Gasteiger partial charge in [-0.15, -0.1) is 0 Å². The predicted molar refractivity (Wildman–Crippen MR) is 84.5 cm³/mol. The van der Waals surface area contributed by atoms with Gasteiger partial charge >= 0.3 is 0 Å². The smallest absolute Gasteiger partial charge is 0.0444 e. The molecule has 0 amide bonds. The van der Waals surface area contributed by atoms with Crippen LogP contribution < -0.4 is 5.32 Å². The van der Waals surface area contributed by atoms with Gasteiger partial charge in [-0.3, -0.25) is 0 Å². The third kappa shape index (κ3) is 3.39. The molecule has 0 fully saturated rings. The van der Waals surface area contributed by atoms with E-state index in [1.54, 1.807) is 0 Å². The highest BCUT2D eigenvalue weighted by molar-refractivity contribution is 6.30. The van der Waals surface area contributed by atoms with Crippen molar-refractivity contribution in [2.45, 2.75) is 20.8 Å². The first-order valence-corrected chi connectivity index (χ1v) is 6.72. The monoisotopic (exact) mass is 271 g/mol. The quantitative estimate of drug-likeness (QED) is 0.776. The molecule has 1 N–H and O–H groups in total. The fourth-order valence-electron chi connectivity index (χ4n) is 1.98. The number of hydrogen-bond donors (Lipinski definition) is 1. The second-order valence-electron chi connectivity index (χ2n) is 4.83. The van der Waals surface area contributed by atoms with Gasteiger partial charge in [0.2, 0.25) is 0 Å². The van der Waals surface area contributed by atoms with Crippen molar-refractivity contribution in [1.82, 2.24) is 0 Å². The summed E-state index contributed by atoms with van der Waals surface area (Å²) in [5.41, 5.74) is 5.79. The molecule has 2 aromatic carbocycles. The Kier molecular flexibility index (Phi) is 4.28. The third-order valence-electron chi connectivity index (χ3n) is 3.02. The summed E-state index contributed by atoms with van der Waals surface area (Å²) in [6.45, 7) is 6.30. The van der Waals surface area contributed by atoms with Gasteiger partial charge in [0, 0.05) is 16.4 Å². The maximum Gasteiger partial charge on any atom is 0.0444 e. The molecule has 98 valence electrons. The highest BCUT2D eigenvalue weighted by Gasteiger charge is 2.06. The lowest BCUT2D eigenvalue weighted by Gasteiger charge is -2.15. The van der Waals surface area contributed by atoms with Crippen LogP contribution in [0, 0.1) is 6.92 Å². The summed E-state index contributed by atoms with van der Waals surface area (Å²) in [6, 6.07) is 16.2. The summed E-state index contributed by atoms with van der Waals surface area (Å²) in [7, 11) is 0. The Balaban J connectivity index is 2.39. The lowest BCUT2D eigenvalue weighted by atomic mass is 10.1. The van der Waals surface area contributed by atoms with Crippen molar-refractivity contribution in [2.75, 3.05) is 5.32 Å². The Bertz CT molecular complexity index is 610. The minimum Gasteiger partial charge on any atom is -0.355 e.